The lowest BCUT2D eigenvalue weighted by Gasteiger charge is -2.19. The predicted molar refractivity (Wildman–Crippen MR) is 79.0 cm³/mol. The normalized spacial score (nSPS) is 12.6. The van der Waals surface area contributed by atoms with E-state index in [-0.39, 0.29) is 10.8 Å². The molecule has 1 aromatic rings. The average Bonchev–Trinajstić information content (AvgIpc) is 2.70. The molecule has 1 heterocycles. The van der Waals surface area contributed by atoms with Crippen molar-refractivity contribution < 1.29 is 17.9 Å². The Morgan fingerprint density at radius 3 is 2.60 bits per heavy atom. The quantitative estimate of drug-likeness (QED) is 0.886. The molecular formula is C12H18N2O4S2. The molecule has 1 rings (SSSR count). The van der Waals surface area contributed by atoms with E-state index in [0.29, 0.717) is 0 Å². The Bertz CT molecular complexity index is 597. The fourth-order valence-corrected chi connectivity index (χ4v) is 2.89. The minimum Gasteiger partial charge on any atom is -0.444 e. The van der Waals surface area contributed by atoms with Gasteiger partial charge in [-0.3, -0.25) is 0 Å². The van der Waals surface area contributed by atoms with Crippen LogP contribution in [0.5, 0.6) is 0 Å². The van der Waals surface area contributed by atoms with Gasteiger partial charge in [0.25, 0.3) is 0 Å². The molecule has 3 N–H and O–H groups in total. The van der Waals surface area contributed by atoms with E-state index in [1.807, 2.05) is 0 Å². The third-order valence-electron chi connectivity index (χ3n) is 1.93. The Morgan fingerprint density at radius 2 is 2.10 bits per heavy atom. The Balaban J connectivity index is 2.46. The second kappa shape index (κ2) is 6.38. The number of sulfonamides is 1. The van der Waals surface area contributed by atoms with Gasteiger partial charge in [-0.25, -0.2) is 18.4 Å². The van der Waals surface area contributed by atoms with Crippen molar-refractivity contribution in [3.63, 3.8) is 0 Å². The highest BCUT2D eigenvalue weighted by Gasteiger charge is 2.15. The number of carbonyl (C=O) groups is 1. The van der Waals surface area contributed by atoms with Crippen LogP contribution in [0.15, 0.2) is 22.4 Å². The van der Waals surface area contributed by atoms with Crippen molar-refractivity contribution in [1.82, 2.24) is 5.32 Å². The maximum Gasteiger partial charge on any atom is 0.407 e. The first-order valence-electron chi connectivity index (χ1n) is 5.84. The van der Waals surface area contributed by atoms with Crippen LogP contribution in [0.25, 0.3) is 6.08 Å². The van der Waals surface area contributed by atoms with Gasteiger partial charge in [0, 0.05) is 11.4 Å². The summed E-state index contributed by atoms with van der Waals surface area (Å²) in [5.74, 6) is 0. The van der Waals surface area contributed by atoms with E-state index in [2.05, 4.69) is 5.32 Å². The summed E-state index contributed by atoms with van der Waals surface area (Å²) in [4.78, 5) is 12.1. The zero-order valence-corrected chi connectivity index (χ0v) is 13.2. The number of ether oxygens (including phenoxy) is 1. The number of alkyl carbamates (subject to hydrolysis) is 1. The van der Waals surface area contributed by atoms with Crippen LogP contribution in [-0.4, -0.2) is 26.7 Å². The molecule has 0 aliphatic heterocycles. The number of carbonyl (C=O) groups excluding carboxylic acids is 1. The maximum absolute atomic E-state index is 11.3. The van der Waals surface area contributed by atoms with Crippen LogP contribution in [0.3, 0.4) is 0 Å². The molecule has 0 fully saturated rings. The molecular weight excluding hydrogens is 300 g/mol. The van der Waals surface area contributed by atoms with Gasteiger partial charge < -0.3 is 10.1 Å². The van der Waals surface area contributed by atoms with Crippen LogP contribution in [-0.2, 0) is 14.8 Å². The van der Waals surface area contributed by atoms with E-state index in [4.69, 9.17) is 9.88 Å². The molecule has 1 amide bonds. The van der Waals surface area contributed by atoms with E-state index in [1.165, 1.54) is 6.07 Å². The second-order valence-corrected chi connectivity index (χ2v) is 7.89. The van der Waals surface area contributed by atoms with Gasteiger partial charge in [0.05, 0.1) is 0 Å². The molecule has 20 heavy (non-hydrogen) atoms. The molecule has 0 saturated carbocycles. The van der Waals surface area contributed by atoms with Gasteiger partial charge in [0.1, 0.15) is 9.81 Å². The van der Waals surface area contributed by atoms with Gasteiger partial charge in [-0.1, -0.05) is 6.08 Å². The molecule has 0 radical (unpaired) electrons. The molecule has 0 bridgehead atoms. The molecule has 0 spiro atoms. The zero-order valence-electron chi connectivity index (χ0n) is 11.5. The summed E-state index contributed by atoms with van der Waals surface area (Å²) in [6, 6.07) is 3.09. The first-order chi connectivity index (χ1) is 9.08. The summed E-state index contributed by atoms with van der Waals surface area (Å²) in [6.45, 7) is 5.63. The van der Waals surface area contributed by atoms with Crippen LogP contribution in [0.1, 0.15) is 25.6 Å². The lowest BCUT2D eigenvalue weighted by Crippen LogP contribution is -2.32. The van der Waals surface area contributed by atoms with Crippen molar-refractivity contribution in [3.05, 3.63) is 23.1 Å². The fraction of sp³-hybridized carbons (Fsp3) is 0.417. The van der Waals surface area contributed by atoms with E-state index in [0.717, 1.165) is 16.2 Å². The van der Waals surface area contributed by atoms with Gasteiger partial charge in [-0.2, -0.15) is 0 Å². The smallest absolute Gasteiger partial charge is 0.407 e. The number of thiophene rings is 1. The Morgan fingerprint density at radius 1 is 1.45 bits per heavy atom. The fourth-order valence-electron chi connectivity index (χ4n) is 1.21. The molecule has 8 heteroatoms. The topological polar surface area (TPSA) is 98.5 Å². The van der Waals surface area contributed by atoms with Crippen LogP contribution >= 0.6 is 11.3 Å². The molecule has 112 valence electrons. The Labute approximate surface area is 122 Å². The van der Waals surface area contributed by atoms with E-state index < -0.39 is 21.7 Å². The highest BCUT2D eigenvalue weighted by atomic mass is 32.2. The minimum atomic E-state index is -3.65. The molecule has 0 aromatic carbocycles. The molecule has 0 unspecified atom stereocenters. The molecule has 1 aromatic heterocycles. The van der Waals surface area contributed by atoms with E-state index in [9.17, 15) is 13.2 Å². The molecule has 6 nitrogen and oxygen atoms in total. The van der Waals surface area contributed by atoms with Crippen molar-refractivity contribution in [2.45, 2.75) is 30.6 Å². The summed E-state index contributed by atoms with van der Waals surface area (Å²) in [5.41, 5.74) is -0.536. The number of primary sulfonamides is 1. The Hall–Kier alpha value is -1.38. The van der Waals surface area contributed by atoms with Gasteiger partial charge in [-0.15, -0.1) is 11.3 Å². The molecule has 0 atom stereocenters. The molecule has 0 aliphatic carbocycles. The minimum absolute atomic E-state index is 0.109. The lowest BCUT2D eigenvalue weighted by molar-refractivity contribution is 0.0534. The summed E-state index contributed by atoms with van der Waals surface area (Å²) in [6.07, 6.45) is 2.90. The van der Waals surface area contributed by atoms with Crippen molar-refractivity contribution in [2.24, 2.45) is 5.14 Å². The second-order valence-electron chi connectivity index (χ2n) is 4.99. The predicted octanol–water partition coefficient (Wildman–Crippen LogP) is 1.93. The van der Waals surface area contributed by atoms with E-state index >= 15 is 0 Å². The highest BCUT2D eigenvalue weighted by molar-refractivity contribution is 7.91. The van der Waals surface area contributed by atoms with Crippen LogP contribution in [0, 0.1) is 0 Å². The Kier molecular flexibility index (Phi) is 5.32. The average molecular weight is 318 g/mol. The van der Waals surface area contributed by atoms with Crippen molar-refractivity contribution in [2.75, 3.05) is 6.54 Å². The summed E-state index contributed by atoms with van der Waals surface area (Å²) in [7, 11) is -3.65. The highest BCUT2D eigenvalue weighted by Crippen LogP contribution is 2.21. The number of nitrogens with one attached hydrogen (secondary N) is 1. The largest absolute Gasteiger partial charge is 0.444 e. The van der Waals surface area contributed by atoms with Crippen molar-refractivity contribution >= 4 is 33.5 Å². The SMILES string of the molecule is CC(C)(C)OC(=O)NCC=Cc1ccc(S(N)(=O)=O)s1. The van der Waals surface area contributed by atoms with Gasteiger partial charge in [0.2, 0.25) is 10.0 Å². The van der Waals surface area contributed by atoms with Crippen molar-refractivity contribution in [3.8, 4) is 0 Å². The first kappa shape index (κ1) is 16.7. The van der Waals surface area contributed by atoms with Gasteiger partial charge in [-0.05, 0) is 39.0 Å². The van der Waals surface area contributed by atoms with Gasteiger partial charge >= 0.3 is 6.09 Å². The number of rotatable bonds is 4. The van der Waals surface area contributed by atoms with Gasteiger partial charge in [0.15, 0.2) is 0 Å². The third-order valence-corrected chi connectivity index (χ3v) is 4.42. The summed E-state index contributed by atoms with van der Waals surface area (Å²) < 4.78 is 27.3. The third kappa shape index (κ3) is 6.18. The maximum atomic E-state index is 11.3. The zero-order chi connectivity index (χ0) is 15.4. The molecule has 0 saturated heterocycles. The molecule has 0 aliphatic rings. The van der Waals surface area contributed by atoms with Crippen LogP contribution in [0.4, 0.5) is 4.79 Å². The van der Waals surface area contributed by atoms with Crippen molar-refractivity contribution in [1.29, 1.82) is 0 Å². The number of nitrogens with two attached hydrogens (primary N) is 1. The number of hydrogen-bond donors (Lipinski definition) is 2. The number of amides is 1. The van der Waals surface area contributed by atoms with E-state index in [1.54, 1.807) is 39.0 Å². The lowest BCUT2D eigenvalue weighted by atomic mass is 10.2. The first-order valence-corrected chi connectivity index (χ1v) is 8.20. The number of hydrogen-bond acceptors (Lipinski definition) is 5. The van der Waals surface area contributed by atoms with Crippen LogP contribution in [0.2, 0.25) is 0 Å². The standard InChI is InChI=1S/C12H18N2O4S2/c1-12(2,3)18-11(15)14-8-4-5-9-6-7-10(19-9)20(13,16)17/h4-7H,8H2,1-3H3,(H,14,15)(H2,13,16,17). The summed E-state index contributed by atoms with van der Waals surface area (Å²) in [5, 5.41) is 7.57. The monoisotopic (exact) mass is 318 g/mol. The van der Waals surface area contributed by atoms with Crippen LogP contribution < -0.4 is 10.5 Å². The summed E-state index contributed by atoms with van der Waals surface area (Å²) >= 11 is 1.06.